The molecule has 2 aromatic rings. The third kappa shape index (κ3) is 3.36. The molecular weight excluding hydrogens is 346 g/mol. The van der Waals surface area contributed by atoms with Gasteiger partial charge < -0.3 is 10.1 Å². The van der Waals surface area contributed by atoms with Crippen molar-refractivity contribution in [2.45, 2.75) is 39.5 Å². The van der Waals surface area contributed by atoms with Gasteiger partial charge in [-0.3, -0.25) is 4.79 Å². The number of hydrogen-bond acceptors (Lipinski definition) is 2. The third-order valence-electron chi connectivity index (χ3n) is 4.69. The second-order valence-corrected chi connectivity index (χ2v) is 7.68. The lowest BCUT2D eigenvalue weighted by Gasteiger charge is -2.19. The van der Waals surface area contributed by atoms with Gasteiger partial charge in [-0.15, -0.1) is 0 Å². The van der Waals surface area contributed by atoms with Gasteiger partial charge in [0, 0.05) is 21.8 Å². The molecule has 4 heteroatoms. The fourth-order valence-corrected chi connectivity index (χ4v) is 3.52. The molecular formula is C22H24ClNO2. The van der Waals surface area contributed by atoms with E-state index in [1.807, 2.05) is 18.2 Å². The zero-order valence-electron chi connectivity index (χ0n) is 15.8. The van der Waals surface area contributed by atoms with E-state index in [1.54, 1.807) is 13.2 Å². The maximum atomic E-state index is 12.5. The van der Waals surface area contributed by atoms with E-state index in [1.165, 1.54) is 0 Å². The number of anilines is 1. The number of fused-ring (bicyclic) bond motifs is 1. The Hall–Kier alpha value is -2.26. The van der Waals surface area contributed by atoms with Gasteiger partial charge in [0.15, 0.2) is 0 Å². The van der Waals surface area contributed by atoms with Crippen molar-refractivity contribution in [2.24, 2.45) is 0 Å². The highest BCUT2D eigenvalue weighted by atomic mass is 35.5. The molecule has 1 amide bonds. The molecule has 2 aromatic carbocycles. The highest BCUT2D eigenvalue weighted by molar-refractivity contribution is 6.36. The Balaban J connectivity index is 2.18. The Kier molecular flexibility index (Phi) is 5.10. The molecule has 0 aliphatic carbocycles. The number of rotatable bonds is 4. The van der Waals surface area contributed by atoms with Gasteiger partial charge >= 0.3 is 0 Å². The molecule has 0 bridgehead atoms. The van der Waals surface area contributed by atoms with Gasteiger partial charge in [-0.1, -0.05) is 39.3 Å². The van der Waals surface area contributed by atoms with Crippen LogP contribution in [0.2, 0.25) is 5.02 Å². The molecule has 0 aromatic heterocycles. The molecule has 0 fully saturated rings. The molecule has 3 rings (SSSR count). The summed E-state index contributed by atoms with van der Waals surface area (Å²) in [6, 6.07) is 9.67. The second-order valence-electron chi connectivity index (χ2n) is 7.24. The molecule has 1 aliphatic heterocycles. The van der Waals surface area contributed by atoms with E-state index in [9.17, 15) is 4.79 Å². The average Bonchev–Trinajstić information content (AvgIpc) is 2.89. The van der Waals surface area contributed by atoms with Gasteiger partial charge in [0.05, 0.1) is 7.11 Å². The minimum atomic E-state index is -0.102. The van der Waals surface area contributed by atoms with Crippen LogP contribution in [0, 0.1) is 0 Å². The van der Waals surface area contributed by atoms with Crippen molar-refractivity contribution in [3.8, 4) is 5.75 Å². The van der Waals surface area contributed by atoms with Crippen molar-refractivity contribution in [1.29, 1.82) is 0 Å². The number of benzene rings is 2. The molecule has 136 valence electrons. The van der Waals surface area contributed by atoms with Crippen LogP contribution in [0.15, 0.2) is 30.3 Å². The first kappa shape index (κ1) is 18.5. The predicted octanol–water partition coefficient (Wildman–Crippen LogP) is 6.09. The number of hydrogen-bond donors (Lipinski definition) is 1. The first-order chi connectivity index (χ1) is 12.3. The first-order valence-corrected chi connectivity index (χ1v) is 9.24. The van der Waals surface area contributed by atoms with E-state index in [-0.39, 0.29) is 5.91 Å². The smallest absolute Gasteiger partial charge is 0.256 e. The third-order valence-corrected chi connectivity index (χ3v) is 4.93. The Morgan fingerprint density at radius 1 is 1.04 bits per heavy atom. The van der Waals surface area contributed by atoms with Gasteiger partial charge in [-0.05, 0) is 64.9 Å². The van der Waals surface area contributed by atoms with Crippen LogP contribution in [0.1, 0.15) is 61.8 Å². The topological polar surface area (TPSA) is 38.3 Å². The van der Waals surface area contributed by atoms with E-state index in [0.29, 0.717) is 22.4 Å². The zero-order chi connectivity index (χ0) is 19.0. The van der Waals surface area contributed by atoms with E-state index in [0.717, 1.165) is 33.7 Å². The Bertz CT molecular complexity index is 868. The van der Waals surface area contributed by atoms with Crippen molar-refractivity contribution < 1.29 is 9.53 Å². The summed E-state index contributed by atoms with van der Waals surface area (Å²) >= 11 is 6.13. The summed E-state index contributed by atoms with van der Waals surface area (Å²) in [4.78, 5) is 12.5. The highest BCUT2D eigenvalue weighted by Crippen LogP contribution is 2.39. The van der Waals surface area contributed by atoms with Crippen LogP contribution in [-0.4, -0.2) is 13.0 Å². The average molecular weight is 370 g/mol. The van der Waals surface area contributed by atoms with Crippen molar-refractivity contribution in [1.82, 2.24) is 0 Å². The fraction of sp³-hybridized carbons (Fsp3) is 0.318. The highest BCUT2D eigenvalue weighted by Gasteiger charge is 2.25. The van der Waals surface area contributed by atoms with E-state index < -0.39 is 0 Å². The summed E-state index contributed by atoms with van der Waals surface area (Å²) in [5, 5.41) is 3.52. The lowest BCUT2D eigenvalue weighted by Crippen LogP contribution is -2.04. The van der Waals surface area contributed by atoms with Gasteiger partial charge in [-0.25, -0.2) is 0 Å². The Labute approximate surface area is 160 Å². The molecule has 0 spiro atoms. The monoisotopic (exact) mass is 369 g/mol. The van der Waals surface area contributed by atoms with Crippen molar-refractivity contribution in [3.63, 3.8) is 0 Å². The molecule has 0 saturated heterocycles. The van der Waals surface area contributed by atoms with Crippen molar-refractivity contribution in [3.05, 3.63) is 57.6 Å². The SMILES string of the molecule is COc1c(C(C)C)cc(/C=C2\C(=O)Nc3ccc(Cl)cc32)cc1C(C)C. The standard InChI is InChI=1S/C22H24ClNO2/c1-12(2)16-8-14(9-17(13(3)4)21(16)26-5)10-19-18-11-15(23)6-7-20(18)24-22(19)25/h6-13H,1-5H3,(H,24,25)/b19-10-. The van der Waals surface area contributed by atoms with E-state index >= 15 is 0 Å². The van der Waals surface area contributed by atoms with Gasteiger partial charge in [-0.2, -0.15) is 0 Å². The molecule has 0 radical (unpaired) electrons. The molecule has 1 N–H and O–H groups in total. The normalized spacial score (nSPS) is 14.9. The van der Waals surface area contributed by atoms with Crippen LogP contribution in [0.4, 0.5) is 5.69 Å². The second kappa shape index (κ2) is 7.16. The van der Waals surface area contributed by atoms with Crippen molar-refractivity contribution >= 4 is 34.8 Å². The quantitative estimate of drug-likeness (QED) is 0.662. The maximum absolute atomic E-state index is 12.5. The Morgan fingerprint density at radius 2 is 1.65 bits per heavy atom. The summed E-state index contributed by atoms with van der Waals surface area (Å²) in [7, 11) is 1.72. The number of methoxy groups -OCH3 is 1. The summed E-state index contributed by atoms with van der Waals surface area (Å²) < 4.78 is 5.70. The van der Waals surface area contributed by atoms with Gasteiger partial charge in [0.1, 0.15) is 5.75 Å². The summed E-state index contributed by atoms with van der Waals surface area (Å²) in [5.41, 5.74) is 5.57. The molecule has 1 heterocycles. The summed E-state index contributed by atoms with van der Waals surface area (Å²) in [6.07, 6.45) is 1.94. The molecule has 0 atom stereocenters. The van der Waals surface area contributed by atoms with Gasteiger partial charge in [0.25, 0.3) is 5.91 Å². The van der Waals surface area contributed by atoms with Crippen LogP contribution in [-0.2, 0) is 4.79 Å². The van der Waals surface area contributed by atoms with Crippen LogP contribution in [0.25, 0.3) is 11.6 Å². The molecule has 3 nitrogen and oxygen atoms in total. The predicted molar refractivity (Wildman–Crippen MR) is 109 cm³/mol. The largest absolute Gasteiger partial charge is 0.496 e. The Morgan fingerprint density at radius 3 is 2.19 bits per heavy atom. The molecule has 26 heavy (non-hydrogen) atoms. The van der Waals surface area contributed by atoms with Gasteiger partial charge in [0.2, 0.25) is 0 Å². The molecule has 0 unspecified atom stereocenters. The minimum Gasteiger partial charge on any atom is -0.496 e. The summed E-state index contributed by atoms with van der Waals surface area (Å²) in [5.74, 6) is 1.48. The lowest BCUT2D eigenvalue weighted by molar-refractivity contribution is -0.110. The number of amides is 1. The minimum absolute atomic E-state index is 0.102. The van der Waals surface area contributed by atoms with E-state index in [2.05, 4.69) is 45.1 Å². The summed E-state index contributed by atoms with van der Waals surface area (Å²) in [6.45, 7) is 8.60. The maximum Gasteiger partial charge on any atom is 0.256 e. The van der Waals surface area contributed by atoms with Crippen LogP contribution in [0.3, 0.4) is 0 Å². The zero-order valence-corrected chi connectivity index (χ0v) is 16.6. The van der Waals surface area contributed by atoms with Crippen LogP contribution >= 0.6 is 11.6 Å². The number of ether oxygens (including phenoxy) is 1. The fourth-order valence-electron chi connectivity index (χ4n) is 3.35. The van der Waals surface area contributed by atoms with Crippen LogP contribution < -0.4 is 10.1 Å². The first-order valence-electron chi connectivity index (χ1n) is 8.86. The molecule has 1 aliphatic rings. The lowest BCUT2D eigenvalue weighted by atomic mass is 9.90. The number of nitrogens with one attached hydrogen (secondary N) is 1. The van der Waals surface area contributed by atoms with Crippen molar-refractivity contribution in [2.75, 3.05) is 12.4 Å². The van der Waals surface area contributed by atoms with Crippen LogP contribution in [0.5, 0.6) is 5.75 Å². The molecule has 0 saturated carbocycles. The van der Waals surface area contributed by atoms with E-state index in [4.69, 9.17) is 16.3 Å². The number of carbonyl (C=O) groups is 1. The number of halogens is 1. The number of carbonyl (C=O) groups excluding carboxylic acids is 1.